The molecule has 6 nitrogen and oxygen atoms in total. The van der Waals surface area contributed by atoms with Gasteiger partial charge in [0.05, 0.1) is 81.0 Å². The molecule has 0 atom stereocenters. The third-order valence-corrected chi connectivity index (χ3v) is 14.3. The molecule has 0 saturated carbocycles. The summed E-state index contributed by atoms with van der Waals surface area (Å²) < 4.78 is 96.3. The van der Waals surface area contributed by atoms with Crippen LogP contribution in [0.15, 0.2) is 206 Å². The van der Waals surface area contributed by atoms with Gasteiger partial charge in [-0.2, -0.15) is 36.9 Å². The first kappa shape index (κ1) is 48.3. The highest BCUT2D eigenvalue weighted by atomic mass is 19.4. The normalized spacial score (nSPS) is 11.7. The molecule has 2 heterocycles. The molecule has 0 saturated heterocycles. The largest absolute Gasteiger partial charge is 0.418 e. The van der Waals surface area contributed by atoms with E-state index in [0.717, 1.165) is 56.6 Å². The maximum absolute atomic E-state index is 15.5. The lowest BCUT2D eigenvalue weighted by Gasteiger charge is -2.20. The highest BCUT2D eigenvalue weighted by Crippen LogP contribution is 2.46. The lowest BCUT2D eigenvalue weighted by atomic mass is 9.98. The first-order valence-electron chi connectivity index (χ1n) is 24.3. The van der Waals surface area contributed by atoms with E-state index in [1.807, 2.05) is 48.5 Å². The Morgan fingerprint density at radius 1 is 0.321 bits per heavy atom. The Kier molecular flexibility index (Phi) is 11.5. The van der Waals surface area contributed by atoms with Gasteiger partial charge in [-0.15, -0.1) is 0 Å². The van der Waals surface area contributed by atoms with Gasteiger partial charge >= 0.3 is 12.4 Å². The third-order valence-electron chi connectivity index (χ3n) is 14.3. The van der Waals surface area contributed by atoms with Gasteiger partial charge in [-0.05, 0) is 153 Å². The molecule has 0 fully saturated rings. The zero-order valence-electron chi connectivity index (χ0n) is 40.6. The summed E-state index contributed by atoms with van der Waals surface area (Å²) in [5.74, 6) is 0. The van der Waals surface area contributed by atoms with E-state index in [-0.39, 0.29) is 22.5 Å². The molecule has 0 unspecified atom stereocenters. The Bertz CT molecular complexity index is 4070. The first-order valence-corrected chi connectivity index (χ1v) is 24.3. The molecule has 0 aliphatic carbocycles. The monoisotopic (exact) mass is 1020 g/mol. The van der Waals surface area contributed by atoms with Gasteiger partial charge in [-0.1, -0.05) is 109 Å². The minimum absolute atomic E-state index is 0.224. The Balaban J connectivity index is 1.08. The molecule has 12 heteroatoms. The molecule has 0 aliphatic rings. The van der Waals surface area contributed by atoms with E-state index in [0.29, 0.717) is 66.1 Å². The summed E-state index contributed by atoms with van der Waals surface area (Å²) in [4.78, 5) is 7.00. The van der Waals surface area contributed by atoms with Crippen molar-refractivity contribution in [1.29, 1.82) is 10.5 Å². The highest BCUT2D eigenvalue weighted by Gasteiger charge is 2.37. The Morgan fingerprint density at radius 3 is 0.821 bits per heavy atom. The van der Waals surface area contributed by atoms with E-state index >= 15 is 26.3 Å². The zero-order chi connectivity index (χ0) is 54.0. The summed E-state index contributed by atoms with van der Waals surface area (Å²) in [7, 11) is 0. The van der Waals surface area contributed by atoms with E-state index in [4.69, 9.17) is 13.1 Å². The molecular weight excluding hydrogens is 991 g/mol. The average Bonchev–Trinajstić information content (AvgIpc) is 4.21. The van der Waals surface area contributed by atoms with Gasteiger partial charge in [0.25, 0.3) is 0 Å². The van der Waals surface area contributed by atoms with Crippen LogP contribution in [0.4, 0.5) is 37.7 Å². The lowest BCUT2D eigenvalue weighted by Crippen LogP contribution is -2.12. The van der Waals surface area contributed by atoms with Crippen molar-refractivity contribution in [2.45, 2.75) is 12.4 Å². The number of alkyl halides is 6. The van der Waals surface area contributed by atoms with Crippen LogP contribution in [0.5, 0.6) is 0 Å². The fraction of sp³-hybridized carbons (Fsp3) is 0.0303. The summed E-state index contributed by atoms with van der Waals surface area (Å²) >= 11 is 0. The van der Waals surface area contributed by atoms with Gasteiger partial charge in [-0.3, -0.25) is 0 Å². The maximum atomic E-state index is 15.5. The number of nitrogens with zero attached hydrogens (tertiary/aromatic N) is 6. The number of benzene rings is 10. The Labute approximate surface area is 442 Å². The quantitative estimate of drug-likeness (QED) is 0.118. The van der Waals surface area contributed by atoms with Crippen LogP contribution in [0.25, 0.3) is 120 Å². The zero-order valence-corrected chi connectivity index (χ0v) is 40.6. The second-order valence-electron chi connectivity index (χ2n) is 18.8. The summed E-state index contributed by atoms with van der Waals surface area (Å²) in [6.45, 7) is 14.9. The molecule has 12 aromatic rings. The van der Waals surface area contributed by atoms with Crippen LogP contribution in [-0.2, 0) is 12.4 Å². The van der Waals surface area contributed by atoms with Crippen LogP contribution >= 0.6 is 0 Å². The van der Waals surface area contributed by atoms with E-state index in [1.165, 1.54) is 24.3 Å². The summed E-state index contributed by atoms with van der Waals surface area (Å²) in [5, 5.41) is 21.4. The number of nitriles is 2. The van der Waals surface area contributed by atoms with Crippen molar-refractivity contribution in [2.24, 2.45) is 0 Å². The van der Waals surface area contributed by atoms with Crippen molar-refractivity contribution in [3.05, 3.63) is 251 Å². The van der Waals surface area contributed by atoms with Crippen LogP contribution in [-0.4, -0.2) is 9.13 Å². The van der Waals surface area contributed by atoms with Crippen molar-refractivity contribution in [2.75, 3.05) is 0 Å². The molecular formula is C66H34F6N6. The predicted molar refractivity (Wildman–Crippen MR) is 294 cm³/mol. The molecule has 0 aliphatic heterocycles. The molecule has 370 valence electrons. The molecule has 78 heavy (non-hydrogen) atoms. The van der Waals surface area contributed by atoms with E-state index in [9.17, 15) is 10.5 Å². The number of hydrogen-bond donors (Lipinski definition) is 0. The molecule has 0 radical (unpaired) electrons. The minimum Gasteiger partial charge on any atom is -0.309 e. The second kappa shape index (κ2) is 18.6. The topological polar surface area (TPSA) is 66.2 Å². The van der Waals surface area contributed by atoms with Crippen LogP contribution in [0.1, 0.15) is 22.3 Å². The number of hydrogen-bond acceptors (Lipinski definition) is 2. The molecule has 0 N–H and O–H groups in total. The lowest BCUT2D eigenvalue weighted by molar-refractivity contribution is -0.138. The molecule has 10 aromatic carbocycles. The Hall–Kier alpha value is -10.7. The van der Waals surface area contributed by atoms with Gasteiger partial charge in [0.1, 0.15) is 0 Å². The fourth-order valence-corrected chi connectivity index (χ4v) is 10.5. The molecule has 0 amide bonds. The number of fused-ring (bicyclic) bond motifs is 6. The van der Waals surface area contributed by atoms with Crippen molar-refractivity contribution >= 4 is 55.0 Å². The van der Waals surface area contributed by atoms with Crippen LogP contribution in [0.2, 0.25) is 0 Å². The van der Waals surface area contributed by atoms with Crippen molar-refractivity contribution < 1.29 is 26.3 Å². The van der Waals surface area contributed by atoms with Crippen molar-refractivity contribution in [3.63, 3.8) is 0 Å². The standard InChI is InChI=1S/C66H34F6N6/c1-75-51-21-11-43(12-22-51)47-19-29-61-55(33-47)56-34-48(44-13-23-52(76-2)24-14-44)20-30-62(56)78(61)64-36-50(16-26-58(64)66(70,71)72)49-15-25-57(65(67,68)69)63(35-49)77-59-27-17-45(41-7-3-39(37-73)4-8-41)31-53(59)54-32-46(18-28-60(54)77)42-9-5-40(38-74)6-10-42/h3-36H. The predicted octanol–water partition coefficient (Wildman–Crippen LogP) is 19.1. The average molecular weight is 1030 g/mol. The Morgan fingerprint density at radius 2 is 0.564 bits per heavy atom. The smallest absolute Gasteiger partial charge is 0.309 e. The van der Waals surface area contributed by atoms with E-state index < -0.39 is 23.5 Å². The van der Waals surface area contributed by atoms with Gasteiger partial charge in [0.2, 0.25) is 0 Å². The van der Waals surface area contributed by atoms with Gasteiger partial charge in [0.15, 0.2) is 11.4 Å². The third kappa shape index (κ3) is 8.41. The van der Waals surface area contributed by atoms with Gasteiger partial charge < -0.3 is 9.13 Å². The first-order chi connectivity index (χ1) is 37.7. The molecule has 0 bridgehead atoms. The summed E-state index contributed by atoms with van der Waals surface area (Å²) in [5.41, 5.74) is 7.74. The molecule has 12 rings (SSSR count). The summed E-state index contributed by atoms with van der Waals surface area (Å²) in [6, 6.07) is 61.3. The van der Waals surface area contributed by atoms with Crippen molar-refractivity contribution in [1.82, 2.24) is 9.13 Å². The minimum atomic E-state index is -4.87. The second-order valence-corrected chi connectivity index (χ2v) is 18.8. The van der Waals surface area contributed by atoms with Crippen LogP contribution in [0, 0.1) is 35.8 Å². The molecule has 0 spiro atoms. The fourth-order valence-electron chi connectivity index (χ4n) is 10.5. The number of halogens is 6. The highest BCUT2D eigenvalue weighted by molar-refractivity contribution is 6.13. The van der Waals surface area contributed by atoms with E-state index in [1.54, 1.807) is 130 Å². The molecule has 2 aromatic heterocycles. The van der Waals surface area contributed by atoms with Crippen LogP contribution in [0.3, 0.4) is 0 Å². The van der Waals surface area contributed by atoms with Gasteiger partial charge in [-0.25, -0.2) is 9.69 Å². The summed E-state index contributed by atoms with van der Waals surface area (Å²) in [6.07, 6.45) is -9.74. The van der Waals surface area contributed by atoms with E-state index in [2.05, 4.69) is 21.8 Å². The maximum Gasteiger partial charge on any atom is 0.418 e. The van der Waals surface area contributed by atoms with Gasteiger partial charge in [0, 0.05) is 21.5 Å². The van der Waals surface area contributed by atoms with Crippen molar-refractivity contribution in [3.8, 4) is 79.1 Å². The number of rotatable bonds is 7. The van der Waals surface area contributed by atoms with Crippen LogP contribution < -0.4 is 0 Å². The SMILES string of the molecule is [C-]#[N+]c1ccc(-c2ccc3c(c2)c2cc(-c4ccc([N+]#[C-])cc4)ccc2n3-c2cc(-c3ccc(C(F)(F)F)c(-n4c5ccc(-c6ccc(C#N)cc6)cc5c5cc(-c6ccc(C#N)cc6)ccc54)c3)ccc2C(F)(F)F)cc1. The number of aromatic nitrogens is 2.